The Morgan fingerprint density at radius 2 is 1.89 bits per heavy atom. The van der Waals surface area contributed by atoms with Crippen molar-refractivity contribution in [3.05, 3.63) is 60.6 Å². The average molecular weight is 237 g/mol. The summed E-state index contributed by atoms with van der Waals surface area (Å²) in [7, 11) is 0. The minimum Gasteiger partial charge on any atom is -0.366 e. The van der Waals surface area contributed by atoms with Crippen LogP contribution in [0.4, 0.5) is 0 Å². The molecule has 88 valence electrons. The monoisotopic (exact) mass is 237 g/mol. The van der Waals surface area contributed by atoms with Gasteiger partial charge in [0, 0.05) is 29.0 Å². The van der Waals surface area contributed by atoms with Gasteiger partial charge in [-0.05, 0) is 36.4 Å². The highest BCUT2D eigenvalue weighted by Gasteiger charge is 2.04. The zero-order chi connectivity index (χ0) is 12.5. The molecule has 2 heterocycles. The molecular weight excluding hydrogens is 226 g/mol. The van der Waals surface area contributed by atoms with Gasteiger partial charge in [-0.15, -0.1) is 0 Å². The Kier molecular flexibility index (Phi) is 2.34. The first-order valence-electron chi connectivity index (χ1n) is 5.57. The maximum atomic E-state index is 11.0. The second kappa shape index (κ2) is 4.00. The van der Waals surface area contributed by atoms with E-state index in [1.54, 1.807) is 18.3 Å². The predicted octanol–water partition coefficient (Wildman–Crippen LogP) is 2.12. The molecule has 0 aliphatic carbocycles. The zero-order valence-corrected chi connectivity index (χ0v) is 9.58. The second-order valence-electron chi connectivity index (χ2n) is 4.03. The molecule has 1 amide bonds. The smallest absolute Gasteiger partial charge is 0.248 e. The first kappa shape index (κ1) is 10.5. The maximum absolute atomic E-state index is 11.0. The van der Waals surface area contributed by atoms with Crippen LogP contribution in [0.3, 0.4) is 0 Å². The number of hydrogen-bond donors (Lipinski definition) is 1. The standard InChI is InChI=1S/C14H11N3O/c15-14(18)11-1-3-12(4-2-11)17-8-6-10-5-7-16-9-13(10)17/h1-9H,(H2,15,18). The summed E-state index contributed by atoms with van der Waals surface area (Å²) in [5.41, 5.74) is 7.73. The SMILES string of the molecule is NC(=O)c1ccc(-n2ccc3ccncc32)cc1. The largest absolute Gasteiger partial charge is 0.366 e. The van der Waals surface area contributed by atoms with E-state index in [0.29, 0.717) is 5.56 Å². The normalized spacial score (nSPS) is 10.7. The number of fused-ring (bicyclic) bond motifs is 1. The summed E-state index contributed by atoms with van der Waals surface area (Å²) in [4.78, 5) is 15.1. The number of pyridine rings is 1. The number of benzene rings is 1. The van der Waals surface area contributed by atoms with Crippen LogP contribution in [0.1, 0.15) is 10.4 Å². The number of nitrogens with zero attached hydrogens (tertiary/aromatic N) is 2. The minimum atomic E-state index is -0.416. The summed E-state index contributed by atoms with van der Waals surface area (Å²) in [5, 5.41) is 1.13. The lowest BCUT2D eigenvalue weighted by atomic mass is 10.2. The molecule has 3 rings (SSSR count). The Bertz CT molecular complexity index is 713. The molecule has 4 nitrogen and oxygen atoms in total. The molecule has 0 spiro atoms. The van der Waals surface area contributed by atoms with Gasteiger partial charge in [0.1, 0.15) is 0 Å². The third-order valence-corrected chi connectivity index (χ3v) is 2.93. The molecule has 0 aliphatic heterocycles. The molecular formula is C14H11N3O. The van der Waals surface area contributed by atoms with Crippen molar-refractivity contribution in [1.29, 1.82) is 0 Å². The molecule has 0 radical (unpaired) electrons. The van der Waals surface area contributed by atoms with Gasteiger partial charge in [0.25, 0.3) is 0 Å². The highest BCUT2D eigenvalue weighted by Crippen LogP contribution is 2.19. The zero-order valence-electron chi connectivity index (χ0n) is 9.58. The molecule has 0 fully saturated rings. The quantitative estimate of drug-likeness (QED) is 0.742. The van der Waals surface area contributed by atoms with E-state index in [0.717, 1.165) is 16.6 Å². The number of carbonyl (C=O) groups is 1. The summed E-state index contributed by atoms with van der Waals surface area (Å²) in [6, 6.07) is 11.2. The number of primary amides is 1. The Labute approximate surface area is 104 Å². The van der Waals surface area contributed by atoms with E-state index in [-0.39, 0.29) is 0 Å². The fourth-order valence-electron chi connectivity index (χ4n) is 1.99. The van der Waals surface area contributed by atoms with Crippen molar-refractivity contribution in [2.24, 2.45) is 5.73 Å². The van der Waals surface area contributed by atoms with Gasteiger partial charge < -0.3 is 10.3 Å². The van der Waals surface area contributed by atoms with Crippen LogP contribution in [0.5, 0.6) is 0 Å². The van der Waals surface area contributed by atoms with Crippen LogP contribution in [-0.2, 0) is 0 Å². The highest BCUT2D eigenvalue weighted by molar-refractivity contribution is 5.93. The first-order chi connectivity index (χ1) is 8.75. The van der Waals surface area contributed by atoms with Crippen LogP contribution in [0.15, 0.2) is 55.0 Å². The predicted molar refractivity (Wildman–Crippen MR) is 69.6 cm³/mol. The molecule has 2 aromatic heterocycles. The van der Waals surface area contributed by atoms with Gasteiger partial charge in [-0.2, -0.15) is 0 Å². The molecule has 0 bridgehead atoms. The Morgan fingerprint density at radius 3 is 2.61 bits per heavy atom. The Hall–Kier alpha value is -2.62. The Morgan fingerprint density at radius 1 is 1.11 bits per heavy atom. The average Bonchev–Trinajstić information content (AvgIpc) is 2.82. The van der Waals surface area contributed by atoms with Crippen molar-refractivity contribution < 1.29 is 4.79 Å². The summed E-state index contributed by atoms with van der Waals surface area (Å²) >= 11 is 0. The molecule has 0 saturated heterocycles. The van der Waals surface area contributed by atoms with Gasteiger partial charge in [-0.1, -0.05) is 0 Å². The van der Waals surface area contributed by atoms with Gasteiger partial charge in [-0.25, -0.2) is 0 Å². The third kappa shape index (κ3) is 1.64. The molecule has 1 aromatic carbocycles. The lowest BCUT2D eigenvalue weighted by molar-refractivity contribution is 0.100. The van der Waals surface area contributed by atoms with E-state index < -0.39 is 5.91 Å². The fraction of sp³-hybridized carbons (Fsp3) is 0. The number of nitrogens with two attached hydrogens (primary N) is 1. The number of carbonyl (C=O) groups excluding carboxylic acids is 1. The first-order valence-corrected chi connectivity index (χ1v) is 5.57. The second-order valence-corrected chi connectivity index (χ2v) is 4.03. The highest BCUT2D eigenvalue weighted by atomic mass is 16.1. The van der Waals surface area contributed by atoms with Crippen molar-refractivity contribution in [3.8, 4) is 5.69 Å². The van der Waals surface area contributed by atoms with Gasteiger partial charge in [0.2, 0.25) is 5.91 Å². The summed E-state index contributed by atoms with van der Waals surface area (Å²) in [5.74, 6) is -0.416. The lowest BCUT2D eigenvalue weighted by Crippen LogP contribution is -2.10. The molecule has 0 unspecified atom stereocenters. The van der Waals surface area contributed by atoms with Crippen molar-refractivity contribution in [2.45, 2.75) is 0 Å². The van der Waals surface area contributed by atoms with Crippen molar-refractivity contribution in [3.63, 3.8) is 0 Å². The lowest BCUT2D eigenvalue weighted by Gasteiger charge is -2.05. The molecule has 3 aromatic rings. The fourth-order valence-corrected chi connectivity index (χ4v) is 1.99. The van der Waals surface area contributed by atoms with Gasteiger partial charge in [0.05, 0.1) is 11.7 Å². The molecule has 0 saturated carbocycles. The third-order valence-electron chi connectivity index (χ3n) is 2.93. The van der Waals surface area contributed by atoms with Crippen LogP contribution >= 0.6 is 0 Å². The van der Waals surface area contributed by atoms with Crippen molar-refractivity contribution >= 4 is 16.8 Å². The molecule has 0 aliphatic rings. The van der Waals surface area contributed by atoms with Crippen LogP contribution in [0.2, 0.25) is 0 Å². The van der Waals surface area contributed by atoms with Crippen LogP contribution in [0, 0.1) is 0 Å². The Balaban J connectivity index is 2.12. The summed E-state index contributed by atoms with van der Waals surface area (Å²) in [6.45, 7) is 0. The summed E-state index contributed by atoms with van der Waals surface area (Å²) < 4.78 is 2.02. The summed E-state index contributed by atoms with van der Waals surface area (Å²) in [6.07, 6.45) is 5.56. The molecule has 2 N–H and O–H groups in total. The van der Waals surface area contributed by atoms with Crippen LogP contribution in [-0.4, -0.2) is 15.5 Å². The van der Waals surface area contributed by atoms with E-state index in [1.165, 1.54) is 0 Å². The number of rotatable bonds is 2. The number of aromatic nitrogens is 2. The minimum absolute atomic E-state index is 0.416. The molecule has 18 heavy (non-hydrogen) atoms. The topological polar surface area (TPSA) is 60.9 Å². The number of hydrogen-bond acceptors (Lipinski definition) is 2. The maximum Gasteiger partial charge on any atom is 0.248 e. The number of amides is 1. The van der Waals surface area contributed by atoms with Crippen molar-refractivity contribution in [1.82, 2.24) is 9.55 Å². The van der Waals surface area contributed by atoms with E-state index in [4.69, 9.17) is 5.73 Å². The van der Waals surface area contributed by atoms with Crippen molar-refractivity contribution in [2.75, 3.05) is 0 Å². The van der Waals surface area contributed by atoms with Crippen LogP contribution in [0.25, 0.3) is 16.6 Å². The van der Waals surface area contributed by atoms with E-state index in [1.807, 2.05) is 41.2 Å². The van der Waals surface area contributed by atoms with E-state index in [2.05, 4.69) is 4.98 Å². The molecule has 0 atom stereocenters. The molecule has 4 heteroatoms. The van der Waals surface area contributed by atoms with Crippen LogP contribution < -0.4 is 5.73 Å². The van der Waals surface area contributed by atoms with Gasteiger partial charge >= 0.3 is 0 Å². The van der Waals surface area contributed by atoms with Gasteiger partial charge in [0.15, 0.2) is 0 Å². The van der Waals surface area contributed by atoms with E-state index >= 15 is 0 Å². The van der Waals surface area contributed by atoms with E-state index in [9.17, 15) is 4.79 Å². The van der Waals surface area contributed by atoms with Gasteiger partial charge in [-0.3, -0.25) is 9.78 Å².